The molecule has 1 fully saturated rings. The van der Waals surface area contributed by atoms with Crippen molar-refractivity contribution in [3.05, 3.63) is 12.7 Å². The molecule has 0 N–H and O–H groups in total. The molecule has 0 aliphatic carbocycles. The molecule has 1 aliphatic rings. The first-order valence-electron chi connectivity index (χ1n) is 2.23. The van der Waals surface area contributed by atoms with Crippen LogP contribution in [-0.2, 0) is 0 Å². The molecule has 2 atom stereocenters. The molecule has 0 aromatic carbocycles. The van der Waals surface area contributed by atoms with Gasteiger partial charge in [-0.15, -0.1) is 18.2 Å². The molecule has 0 radical (unpaired) electrons. The second-order valence-electron chi connectivity index (χ2n) is 1.55. The van der Waals surface area contributed by atoms with E-state index in [1.165, 1.54) is 5.75 Å². The molecule has 1 heterocycles. The van der Waals surface area contributed by atoms with Crippen LogP contribution in [0.3, 0.4) is 0 Å². The fourth-order valence-electron chi connectivity index (χ4n) is 0.391. The molecule has 2 unspecified atom stereocenters. The standard InChI is InChI=1S/C5H7ClS/c1-2-4(6)5-3-7-5/h2,4-5H,1,3H2. The molecular weight excluding hydrogens is 128 g/mol. The Morgan fingerprint density at radius 3 is 2.71 bits per heavy atom. The number of rotatable bonds is 2. The van der Waals surface area contributed by atoms with E-state index in [1.54, 1.807) is 6.08 Å². The first-order valence-corrected chi connectivity index (χ1v) is 3.71. The van der Waals surface area contributed by atoms with E-state index in [-0.39, 0.29) is 5.38 Å². The topological polar surface area (TPSA) is 0 Å². The lowest BCUT2D eigenvalue weighted by Gasteiger charge is -1.92. The van der Waals surface area contributed by atoms with Gasteiger partial charge in [-0.25, -0.2) is 0 Å². The summed E-state index contributed by atoms with van der Waals surface area (Å²) in [6.07, 6.45) is 1.80. The Bertz CT molecular complexity index is 78.1. The number of hydrogen-bond acceptors (Lipinski definition) is 1. The van der Waals surface area contributed by atoms with Crippen LogP contribution in [0.25, 0.3) is 0 Å². The average Bonchev–Trinajstić information content (AvgIpc) is 2.44. The van der Waals surface area contributed by atoms with Gasteiger partial charge in [0.1, 0.15) is 0 Å². The van der Waals surface area contributed by atoms with Gasteiger partial charge in [0.25, 0.3) is 0 Å². The summed E-state index contributed by atoms with van der Waals surface area (Å²) in [4.78, 5) is 0. The van der Waals surface area contributed by atoms with Gasteiger partial charge >= 0.3 is 0 Å². The lowest BCUT2D eigenvalue weighted by Crippen LogP contribution is -1.99. The summed E-state index contributed by atoms with van der Waals surface area (Å²) < 4.78 is 0. The van der Waals surface area contributed by atoms with Crippen LogP contribution >= 0.6 is 23.4 Å². The quantitative estimate of drug-likeness (QED) is 0.316. The van der Waals surface area contributed by atoms with Gasteiger partial charge in [0.2, 0.25) is 0 Å². The first-order chi connectivity index (χ1) is 3.34. The van der Waals surface area contributed by atoms with Crippen molar-refractivity contribution in [3.8, 4) is 0 Å². The molecule has 7 heavy (non-hydrogen) atoms. The number of alkyl halides is 1. The zero-order valence-electron chi connectivity index (χ0n) is 3.93. The lowest BCUT2D eigenvalue weighted by atomic mass is 10.3. The van der Waals surface area contributed by atoms with Gasteiger partial charge < -0.3 is 0 Å². The van der Waals surface area contributed by atoms with E-state index in [9.17, 15) is 0 Å². The summed E-state index contributed by atoms with van der Waals surface area (Å²) in [5.41, 5.74) is 0. The minimum Gasteiger partial charge on any atom is -0.155 e. The van der Waals surface area contributed by atoms with Gasteiger partial charge in [0, 0.05) is 11.0 Å². The van der Waals surface area contributed by atoms with Gasteiger partial charge in [-0.3, -0.25) is 0 Å². The molecule has 0 nitrogen and oxygen atoms in total. The largest absolute Gasteiger partial charge is 0.155 e. The first kappa shape index (κ1) is 5.52. The number of halogens is 1. The summed E-state index contributed by atoms with van der Waals surface area (Å²) >= 11 is 7.62. The van der Waals surface area contributed by atoms with E-state index in [0.717, 1.165) is 0 Å². The third kappa shape index (κ3) is 1.39. The second kappa shape index (κ2) is 2.10. The molecule has 0 bridgehead atoms. The highest BCUT2D eigenvalue weighted by atomic mass is 35.5. The Labute approximate surface area is 52.9 Å². The zero-order valence-corrected chi connectivity index (χ0v) is 5.50. The third-order valence-electron chi connectivity index (χ3n) is 0.939. The molecule has 2 heteroatoms. The van der Waals surface area contributed by atoms with Crippen molar-refractivity contribution in [3.63, 3.8) is 0 Å². The maximum atomic E-state index is 5.72. The van der Waals surface area contributed by atoms with Crippen molar-refractivity contribution in [2.75, 3.05) is 5.75 Å². The minimum absolute atomic E-state index is 0.213. The van der Waals surface area contributed by atoms with Crippen molar-refractivity contribution in [2.24, 2.45) is 0 Å². The Balaban J connectivity index is 2.22. The maximum absolute atomic E-state index is 5.72. The van der Waals surface area contributed by atoms with Crippen molar-refractivity contribution >= 4 is 23.4 Å². The molecule has 0 amide bonds. The van der Waals surface area contributed by atoms with Crippen LogP contribution < -0.4 is 0 Å². The smallest absolute Gasteiger partial charge is 0.0640 e. The number of allylic oxidation sites excluding steroid dienone is 1. The monoisotopic (exact) mass is 134 g/mol. The minimum atomic E-state index is 0.213. The molecule has 0 spiro atoms. The van der Waals surface area contributed by atoms with Crippen LogP contribution in [0.2, 0.25) is 0 Å². The normalized spacial score (nSPS) is 31.9. The van der Waals surface area contributed by atoms with Crippen molar-refractivity contribution in [2.45, 2.75) is 10.6 Å². The van der Waals surface area contributed by atoms with Crippen LogP contribution in [0, 0.1) is 0 Å². The van der Waals surface area contributed by atoms with E-state index in [0.29, 0.717) is 5.25 Å². The van der Waals surface area contributed by atoms with Gasteiger partial charge in [-0.05, 0) is 0 Å². The van der Waals surface area contributed by atoms with E-state index in [1.807, 2.05) is 11.8 Å². The summed E-state index contributed by atoms with van der Waals surface area (Å²) in [7, 11) is 0. The Morgan fingerprint density at radius 1 is 2.00 bits per heavy atom. The Hall–Kier alpha value is 0.380. The summed E-state index contributed by atoms with van der Waals surface area (Å²) in [6.45, 7) is 3.58. The maximum Gasteiger partial charge on any atom is 0.0640 e. The second-order valence-corrected chi connectivity index (χ2v) is 3.33. The molecule has 0 aromatic heterocycles. The predicted octanol–water partition coefficient (Wildman–Crippen LogP) is 1.90. The van der Waals surface area contributed by atoms with E-state index < -0.39 is 0 Å². The summed E-state index contributed by atoms with van der Waals surface area (Å²) in [5.74, 6) is 1.22. The third-order valence-corrected chi connectivity index (χ3v) is 2.58. The van der Waals surface area contributed by atoms with E-state index >= 15 is 0 Å². The fourth-order valence-corrected chi connectivity index (χ4v) is 1.42. The van der Waals surface area contributed by atoms with Crippen LogP contribution in [0.15, 0.2) is 12.7 Å². The van der Waals surface area contributed by atoms with Crippen LogP contribution in [0.5, 0.6) is 0 Å². The SMILES string of the molecule is C=CC(Cl)C1CS1. The number of hydrogen-bond donors (Lipinski definition) is 0. The molecular formula is C5H7ClS. The number of thioether (sulfide) groups is 1. The molecule has 0 saturated carbocycles. The zero-order chi connectivity index (χ0) is 5.28. The van der Waals surface area contributed by atoms with Gasteiger partial charge in [-0.1, -0.05) is 6.08 Å². The summed E-state index contributed by atoms with van der Waals surface area (Å²) in [6, 6.07) is 0. The Kier molecular flexibility index (Phi) is 1.65. The summed E-state index contributed by atoms with van der Waals surface area (Å²) in [5, 5.41) is 0.893. The highest BCUT2D eigenvalue weighted by Crippen LogP contribution is 2.35. The van der Waals surface area contributed by atoms with Crippen LogP contribution in [-0.4, -0.2) is 16.4 Å². The highest BCUT2D eigenvalue weighted by molar-refractivity contribution is 8.07. The van der Waals surface area contributed by atoms with Crippen molar-refractivity contribution in [1.82, 2.24) is 0 Å². The Morgan fingerprint density at radius 2 is 2.57 bits per heavy atom. The fraction of sp³-hybridized carbons (Fsp3) is 0.600. The van der Waals surface area contributed by atoms with Gasteiger partial charge in [0.05, 0.1) is 5.38 Å². The predicted molar refractivity (Wildman–Crippen MR) is 36.1 cm³/mol. The van der Waals surface area contributed by atoms with Gasteiger partial charge in [-0.2, -0.15) is 11.8 Å². The molecule has 1 rings (SSSR count). The van der Waals surface area contributed by atoms with Crippen LogP contribution in [0.4, 0.5) is 0 Å². The molecule has 0 aromatic rings. The van der Waals surface area contributed by atoms with E-state index in [4.69, 9.17) is 11.6 Å². The molecule has 1 aliphatic heterocycles. The molecule has 1 saturated heterocycles. The van der Waals surface area contributed by atoms with Crippen LogP contribution in [0.1, 0.15) is 0 Å². The average molecular weight is 135 g/mol. The van der Waals surface area contributed by atoms with Crippen molar-refractivity contribution < 1.29 is 0 Å². The highest BCUT2D eigenvalue weighted by Gasteiger charge is 2.28. The van der Waals surface area contributed by atoms with E-state index in [2.05, 4.69) is 6.58 Å². The lowest BCUT2D eigenvalue weighted by molar-refractivity contribution is 1.09. The van der Waals surface area contributed by atoms with Crippen molar-refractivity contribution in [1.29, 1.82) is 0 Å². The van der Waals surface area contributed by atoms with Gasteiger partial charge in [0.15, 0.2) is 0 Å². The molecule has 40 valence electrons.